The van der Waals surface area contributed by atoms with Crippen molar-refractivity contribution in [3.63, 3.8) is 0 Å². The predicted octanol–water partition coefficient (Wildman–Crippen LogP) is 1.80. The average molecular weight is 248 g/mol. The normalized spacial score (nSPS) is 17.7. The smallest absolute Gasteiger partial charge is 0.160 e. The van der Waals surface area contributed by atoms with Gasteiger partial charge >= 0.3 is 0 Å². The molecule has 2 aromatic heterocycles. The Labute approximate surface area is 105 Å². The molecule has 90 valence electrons. The molecule has 1 fully saturated rings. The number of pyridine rings is 1. The van der Waals surface area contributed by atoms with Crippen LogP contribution in [0.2, 0.25) is 0 Å². The van der Waals surface area contributed by atoms with Gasteiger partial charge in [-0.3, -0.25) is 0 Å². The van der Waals surface area contributed by atoms with Gasteiger partial charge < -0.3 is 5.73 Å². The van der Waals surface area contributed by atoms with Gasteiger partial charge in [0.2, 0.25) is 0 Å². The SMILES string of the molecule is NCc1cccn2nc(C3CCSCC3)nc12. The van der Waals surface area contributed by atoms with Crippen molar-refractivity contribution < 1.29 is 0 Å². The van der Waals surface area contributed by atoms with Gasteiger partial charge in [-0.1, -0.05) is 6.07 Å². The van der Waals surface area contributed by atoms with E-state index in [1.54, 1.807) is 0 Å². The molecule has 0 unspecified atom stereocenters. The molecule has 17 heavy (non-hydrogen) atoms. The molecular formula is C12H16N4S. The van der Waals surface area contributed by atoms with Crippen molar-refractivity contribution >= 4 is 17.4 Å². The first-order chi connectivity index (χ1) is 8.38. The molecule has 1 aliphatic heterocycles. The van der Waals surface area contributed by atoms with Crippen LogP contribution in [0.15, 0.2) is 18.3 Å². The molecular weight excluding hydrogens is 232 g/mol. The van der Waals surface area contributed by atoms with Crippen molar-refractivity contribution in [3.8, 4) is 0 Å². The van der Waals surface area contributed by atoms with Crippen LogP contribution in [-0.2, 0) is 6.54 Å². The Morgan fingerprint density at radius 2 is 2.24 bits per heavy atom. The number of rotatable bonds is 2. The van der Waals surface area contributed by atoms with Gasteiger partial charge in [0.25, 0.3) is 0 Å². The van der Waals surface area contributed by atoms with E-state index in [0.717, 1.165) is 17.0 Å². The quantitative estimate of drug-likeness (QED) is 0.880. The fraction of sp³-hybridized carbons (Fsp3) is 0.500. The second-order valence-electron chi connectivity index (χ2n) is 4.36. The van der Waals surface area contributed by atoms with Crippen LogP contribution in [-0.4, -0.2) is 26.1 Å². The van der Waals surface area contributed by atoms with E-state index in [-0.39, 0.29) is 0 Å². The van der Waals surface area contributed by atoms with Crippen molar-refractivity contribution in [2.75, 3.05) is 11.5 Å². The first kappa shape index (κ1) is 11.0. The lowest BCUT2D eigenvalue weighted by atomic mass is 10.0. The molecule has 1 aliphatic rings. The fourth-order valence-corrected chi connectivity index (χ4v) is 3.37. The zero-order chi connectivity index (χ0) is 11.7. The van der Waals surface area contributed by atoms with Crippen molar-refractivity contribution in [1.82, 2.24) is 14.6 Å². The average Bonchev–Trinajstić information content (AvgIpc) is 2.83. The van der Waals surface area contributed by atoms with E-state index >= 15 is 0 Å². The lowest BCUT2D eigenvalue weighted by Gasteiger charge is -2.17. The number of hydrogen-bond donors (Lipinski definition) is 1. The van der Waals surface area contributed by atoms with Crippen molar-refractivity contribution in [1.29, 1.82) is 0 Å². The highest BCUT2D eigenvalue weighted by molar-refractivity contribution is 7.99. The first-order valence-electron chi connectivity index (χ1n) is 6.00. The maximum Gasteiger partial charge on any atom is 0.160 e. The summed E-state index contributed by atoms with van der Waals surface area (Å²) in [5.41, 5.74) is 7.70. The molecule has 3 heterocycles. The number of nitrogens with two attached hydrogens (primary N) is 1. The second-order valence-corrected chi connectivity index (χ2v) is 5.59. The Morgan fingerprint density at radius 3 is 3.00 bits per heavy atom. The van der Waals surface area contributed by atoms with E-state index in [1.165, 1.54) is 24.3 Å². The fourth-order valence-electron chi connectivity index (χ4n) is 2.27. The molecule has 0 aliphatic carbocycles. The van der Waals surface area contributed by atoms with Gasteiger partial charge in [0.05, 0.1) is 0 Å². The van der Waals surface area contributed by atoms with Crippen molar-refractivity contribution in [3.05, 3.63) is 29.7 Å². The minimum absolute atomic E-state index is 0.517. The largest absolute Gasteiger partial charge is 0.326 e. The summed E-state index contributed by atoms with van der Waals surface area (Å²) in [6, 6.07) is 3.99. The van der Waals surface area contributed by atoms with E-state index in [9.17, 15) is 0 Å². The summed E-state index contributed by atoms with van der Waals surface area (Å²) in [4.78, 5) is 4.67. The molecule has 0 radical (unpaired) electrons. The minimum atomic E-state index is 0.517. The molecule has 3 rings (SSSR count). The lowest BCUT2D eigenvalue weighted by Crippen LogP contribution is -2.09. The van der Waals surface area contributed by atoms with Gasteiger partial charge in [-0.2, -0.15) is 16.9 Å². The van der Waals surface area contributed by atoms with Gasteiger partial charge in [-0.25, -0.2) is 9.50 Å². The van der Waals surface area contributed by atoms with E-state index in [1.807, 2.05) is 34.6 Å². The third-order valence-corrected chi connectivity index (χ3v) is 4.31. The van der Waals surface area contributed by atoms with Gasteiger partial charge in [-0.05, 0) is 30.4 Å². The maximum absolute atomic E-state index is 5.72. The summed E-state index contributed by atoms with van der Waals surface area (Å²) in [7, 11) is 0. The predicted molar refractivity (Wildman–Crippen MR) is 70.2 cm³/mol. The van der Waals surface area contributed by atoms with E-state index in [2.05, 4.69) is 10.1 Å². The summed E-state index contributed by atoms with van der Waals surface area (Å²) in [6.45, 7) is 0.517. The molecule has 4 nitrogen and oxygen atoms in total. The molecule has 0 bridgehead atoms. The molecule has 0 saturated carbocycles. The summed E-state index contributed by atoms with van der Waals surface area (Å²) in [5.74, 6) is 3.97. The van der Waals surface area contributed by atoms with Crippen LogP contribution < -0.4 is 5.73 Å². The molecule has 0 aromatic carbocycles. The van der Waals surface area contributed by atoms with Crippen LogP contribution in [0.1, 0.15) is 30.1 Å². The molecule has 0 spiro atoms. The maximum atomic E-state index is 5.72. The zero-order valence-corrected chi connectivity index (χ0v) is 10.5. The standard InChI is InChI=1S/C12H16N4S/c13-8-10-2-1-5-16-12(10)14-11(15-16)9-3-6-17-7-4-9/h1-2,5,9H,3-4,6-8,13H2. The van der Waals surface area contributed by atoms with Gasteiger partial charge in [-0.15, -0.1) is 0 Å². The van der Waals surface area contributed by atoms with E-state index in [4.69, 9.17) is 5.73 Å². The molecule has 0 amide bonds. The Bertz CT molecular complexity index is 516. The van der Waals surface area contributed by atoms with E-state index in [0.29, 0.717) is 12.5 Å². The van der Waals surface area contributed by atoms with E-state index < -0.39 is 0 Å². The number of aromatic nitrogens is 3. The molecule has 5 heteroatoms. The van der Waals surface area contributed by atoms with Crippen molar-refractivity contribution in [2.24, 2.45) is 5.73 Å². The summed E-state index contributed by atoms with van der Waals surface area (Å²) in [5, 5.41) is 4.59. The highest BCUT2D eigenvalue weighted by atomic mass is 32.2. The number of hydrogen-bond acceptors (Lipinski definition) is 4. The van der Waals surface area contributed by atoms with Crippen LogP contribution in [0.3, 0.4) is 0 Å². The monoisotopic (exact) mass is 248 g/mol. The van der Waals surface area contributed by atoms with Gasteiger partial charge in [0.15, 0.2) is 11.5 Å². The van der Waals surface area contributed by atoms with Crippen LogP contribution in [0.25, 0.3) is 5.65 Å². The molecule has 0 atom stereocenters. The number of fused-ring (bicyclic) bond motifs is 1. The minimum Gasteiger partial charge on any atom is -0.326 e. The molecule has 1 saturated heterocycles. The third kappa shape index (κ3) is 2.05. The number of thioether (sulfide) groups is 1. The highest BCUT2D eigenvalue weighted by Crippen LogP contribution is 2.29. The second kappa shape index (κ2) is 4.66. The Kier molecular flexibility index (Phi) is 3.03. The third-order valence-electron chi connectivity index (χ3n) is 3.27. The summed E-state index contributed by atoms with van der Waals surface area (Å²) >= 11 is 2.03. The van der Waals surface area contributed by atoms with Gasteiger partial charge in [0, 0.05) is 24.2 Å². The van der Waals surface area contributed by atoms with Crippen molar-refractivity contribution in [2.45, 2.75) is 25.3 Å². The zero-order valence-electron chi connectivity index (χ0n) is 9.67. The lowest BCUT2D eigenvalue weighted by molar-refractivity contribution is 0.598. The molecule has 2 N–H and O–H groups in total. The highest BCUT2D eigenvalue weighted by Gasteiger charge is 2.20. The Balaban J connectivity index is 2.00. The van der Waals surface area contributed by atoms with Crippen LogP contribution >= 0.6 is 11.8 Å². The van der Waals surface area contributed by atoms with Crippen LogP contribution in [0.5, 0.6) is 0 Å². The number of nitrogens with zero attached hydrogens (tertiary/aromatic N) is 3. The Hall–Kier alpha value is -1.07. The topological polar surface area (TPSA) is 56.2 Å². The summed E-state index contributed by atoms with van der Waals surface area (Å²) in [6.07, 6.45) is 4.33. The Morgan fingerprint density at radius 1 is 1.41 bits per heavy atom. The van der Waals surface area contributed by atoms with Crippen LogP contribution in [0, 0.1) is 0 Å². The summed E-state index contributed by atoms with van der Waals surface area (Å²) < 4.78 is 1.86. The molecule has 2 aromatic rings. The van der Waals surface area contributed by atoms with Gasteiger partial charge in [0.1, 0.15) is 0 Å². The van der Waals surface area contributed by atoms with Crippen LogP contribution in [0.4, 0.5) is 0 Å². The first-order valence-corrected chi connectivity index (χ1v) is 7.16.